The molecule has 0 aliphatic rings. The van der Waals surface area contributed by atoms with Gasteiger partial charge in [-0.15, -0.1) is 0 Å². The molecule has 4 aromatic rings. The van der Waals surface area contributed by atoms with Gasteiger partial charge in [-0.3, -0.25) is 0 Å². The van der Waals surface area contributed by atoms with Gasteiger partial charge < -0.3 is 0 Å². The van der Waals surface area contributed by atoms with Gasteiger partial charge in [-0.05, 0) is 66.2 Å². The van der Waals surface area contributed by atoms with Crippen molar-refractivity contribution in [2.24, 2.45) is 0 Å². The van der Waals surface area contributed by atoms with Crippen LogP contribution in [0.4, 0.5) is 0 Å². The molecule has 0 amide bonds. The highest BCUT2D eigenvalue weighted by atomic mass is 14.4. The van der Waals surface area contributed by atoms with E-state index in [2.05, 4.69) is 180 Å². The largest absolute Gasteiger partial charge is 0.0701 e. The number of benzene rings is 4. The Morgan fingerprint density at radius 3 is 0.463 bits per heavy atom. The minimum Gasteiger partial charge on any atom is -0.0582 e. The summed E-state index contributed by atoms with van der Waals surface area (Å²) < 4.78 is 0. The molecule has 0 unspecified atom stereocenters. The van der Waals surface area contributed by atoms with E-state index in [-0.39, 0.29) is 21.7 Å². The summed E-state index contributed by atoms with van der Waals surface area (Å²) in [6, 6.07) is 37.6. The van der Waals surface area contributed by atoms with E-state index in [0.717, 1.165) is 0 Å². The maximum Gasteiger partial charge on any atom is 0.0701 e. The molecule has 41 heavy (non-hydrogen) atoms. The van der Waals surface area contributed by atoms with Crippen LogP contribution >= 0.6 is 0 Å². The average molecular weight is 545 g/mol. The molecule has 0 aliphatic heterocycles. The van der Waals surface area contributed by atoms with E-state index in [1.807, 2.05) is 0 Å². The first-order valence-electron chi connectivity index (χ1n) is 15.3. The van der Waals surface area contributed by atoms with Crippen molar-refractivity contribution in [2.75, 3.05) is 0 Å². The Hall–Kier alpha value is -3.12. The van der Waals surface area contributed by atoms with E-state index in [0.29, 0.717) is 0 Å². The van der Waals surface area contributed by atoms with E-state index in [9.17, 15) is 0 Å². The van der Waals surface area contributed by atoms with Gasteiger partial charge in [-0.2, -0.15) is 0 Å². The van der Waals surface area contributed by atoms with Gasteiger partial charge in [0.15, 0.2) is 0 Å². The van der Waals surface area contributed by atoms with Crippen LogP contribution in [0.5, 0.6) is 0 Å². The van der Waals surface area contributed by atoms with Crippen molar-refractivity contribution in [3.8, 4) is 0 Å². The highest BCUT2D eigenvalue weighted by Gasteiger charge is 2.39. The molecule has 4 rings (SSSR count). The lowest BCUT2D eigenvalue weighted by atomic mass is 9.64. The fraction of sp³-hybridized carbons (Fsp3) is 0.415. The van der Waals surface area contributed by atoms with Gasteiger partial charge in [0.25, 0.3) is 0 Å². The third-order valence-electron chi connectivity index (χ3n) is 8.74. The van der Waals surface area contributed by atoms with Gasteiger partial charge >= 0.3 is 0 Å². The van der Waals surface area contributed by atoms with E-state index < -0.39 is 5.41 Å². The van der Waals surface area contributed by atoms with E-state index in [1.165, 1.54) is 44.5 Å². The van der Waals surface area contributed by atoms with Crippen LogP contribution < -0.4 is 0 Å². The lowest BCUT2D eigenvalue weighted by molar-refractivity contribution is 0.586. The van der Waals surface area contributed by atoms with Crippen LogP contribution in [-0.4, -0.2) is 0 Å². The normalized spacial score (nSPS) is 13.4. The Kier molecular flexibility index (Phi) is 7.98. The maximum atomic E-state index is 2.37. The van der Waals surface area contributed by atoms with Crippen molar-refractivity contribution in [1.82, 2.24) is 0 Å². The second-order valence-corrected chi connectivity index (χ2v) is 16.1. The summed E-state index contributed by atoms with van der Waals surface area (Å²) >= 11 is 0. The summed E-state index contributed by atoms with van der Waals surface area (Å²) in [5.74, 6) is 0. The predicted molar refractivity (Wildman–Crippen MR) is 180 cm³/mol. The standard InChI is InChI=1S/C41H52/c1-37(2,3)29-13-21-33(22-14-29)41(34-23-15-30(16-24-34)38(4,5)6,35-25-17-31(18-26-35)39(7,8)9)36-27-19-32(20-28-36)40(10,11)12/h13-28H,1-12H3. The molecule has 0 saturated carbocycles. The third kappa shape index (κ3) is 6.23. The molecule has 0 N–H and O–H groups in total. The van der Waals surface area contributed by atoms with Gasteiger partial charge in [-0.1, -0.05) is 180 Å². The Labute approximate surface area is 251 Å². The van der Waals surface area contributed by atoms with Crippen LogP contribution in [0.15, 0.2) is 97.1 Å². The van der Waals surface area contributed by atoms with Crippen molar-refractivity contribution >= 4 is 0 Å². The predicted octanol–water partition coefficient (Wildman–Crippen LogP) is 11.3. The Bertz CT molecular complexity index is 1200. The van der Waals surface area contributed by atoms with Gasteiger partial charge in [0, 0.05) is 0 Å². The van der Waals surface area contributed by atoms with Gasteiger partial charge in [-0.25, -0.2) is 0 Å². The minimum atomic E-state index is -0.459. The quantitative estimate of drug-likeness (QED) is 0.224. The zero-order valence-electron chi connectivity index (χ0n) is 27.7. The summed E-state index contributed by atoms with van der Waals surface area (Å²) in [4.78, 5) is 0. The zero-order valence-corrected chi connectivity index (χ0v) is 27.7. The highest BCUT2D eigenvalue weighted by Crippen LogP contribution is 2.47. The second kappa shape index (κ2) is 10.6. The lowest BCUT2D eigenvalue weighted by Crippen LogP contribution is -2.32. The summed E-state index contributed by atoms with van der Waals surface area (Å²) in [6.07, 6.45) is 0. The minimum absolute atomic E-state index is 0.0955. The molecule has 0 aromatic heterocycles. The molecule has 0 fully saturated rings. The molecule has 0 bridgehead atoms. The molecule has 0 radical (unpaired) electrons. The van der Waals surface area contributed by atoms with Crippen molar-refractivity contribution in [3.63, 3.8) is 0 Å². The average Bonchev–Trinajstić information content (AvgIpc) is 2.88. The Balaban J connectivity index is 2.09. The fourth-order valence-corrected chi connectivity index (χ4v) is 5.88. The Morgan fingerprint density at radius 2 is 0.341 bits per heavy atom. The zero-order chi connectivity index (χ0) is 30.4. The van der Waals surface area contributed by atoms with Gasteiger partial charge in [0.05, 0.1) is 5.41 Å². The third-order valence-corrected chi connectivity index (χ3v) is 8.74. The second-order valence-electron chi connectivity index (χ2n) is 16.1. The summed E-state index contributed by atoms with van der Waals surface area (Å²) in [7, 11) is 0. The molecule has 216 valence electrons. The molecule has 0 atom stereocenters. The molecule has 0 spiro atoms. The molecule has 0 heterocycles. The van der Waals surface area contributed by atoms with Crippen molar-refractivity contribution < 1.29 is 0 Å². The summed E-state index contributed by atoms with van der Waals surface area (Å²) in [5.41, 5.74) is 10.5. The Morgan fingerprint density at radius 1 is 0.220 bits per heavy atom. The molecule has 0 saturated heterocycles. The van der Waals surface area contributed by atoms with Crippen LogP contribution in [-0.2, 0) is 27.1 Å². The van der Waals surface area contributed by atoms with E-state index >= 15 is 0 Å². The monoisotopic (exact) mass is 544 g/mol. The topological polar surface area (TPSA) is 0 Å². The van der Waals surface area contributed by atoms with Crippen LogP contribution in [0, 0.1) is 0 Å². The SMILES string of the molecule is CC(C)(C)c1ccc(C(c2ccc(C(C)(C)C)cc2)(c2ccc(C(C)(C)C)cc2)c2ccc(C(C)(C)C)cc2)cc1. The van der Waals surface area contributed by atoms with Gasteiger partial charge in [0.1, 0.15) is 0 Å². The summed E-state index contributed by atoms with van der Waals surface area (Å²) in [5, 5.41) is 0. The molecule has 4 aromatic carbocycles. The molecule has 0 nitrogen and oxygen atoms in total. The van der Waals surface area contributed by atoms with Crippen LogP contribution in [0.3, 0.4) is 0 Å². The number of hydrogen-bond acceptors (Lipinski definition) is 0. The summed E-state index contributed by atoms with van der Waals surface area (Å²) in [6.45, 7) is 27.5. The molecule has 0 aliphatic carbocycles. The van der Waals surface area contributed by atoms with E-state index in [1.54, 1.807) is 0 Å². The fourth-order valence-electron chi connectivity index (χ4n) is 5.88. The van der Waals surface area contributed by atoms with E-state index in [4.69, 9.17) is 0 Å². The molecular formula is C41H52. The molecular weight excluding hydrogens is 492 g/mol. The van der Waals surface area contributed by atoms with Crippen molar-refractivity contribution in [1.29, 1.82) is 0 Å². The van der Waals surface area contributed by atoms with Crippen LogP contribution in [0.25, 0.3) is 0 Å². The van der Waals surface area contributed by atoms with Crippen molar-refractivity contribution in [3.05, 3.63) is 142 Å². The van der Waals surface area contributed by atoms with Crippen molar-refractivity contribution in [2.45, 2.75) is 110 Å². The smallest absolute Gasteiger partial charge is 0.0582 e. The van der Waals surface area contributed by atoms with Crippen LogP contribution in [0.1, 0.15) is 128 Å². The maximum absolute atomic E-state index is 2.37. The van der Waals surface area contributed by atoms with Crippen LogP contribution in [0.2, 0.25) is 0 Å². The van der Waals surface area contributed by atoms with Gasteiger partial charge in [0.2, 0.25) is 0 Å². The number of hydrogen-bond donors (Lipinski definition) is 0. The number of rotatable bonds is 4. The lowest BCUT2D eigenvalue weighted by Gasteiger charge is -2.38. The first-order valence-corrected chi connectivity index (χ1v) is 15.3. The first-order chi connectivity index (χ1) is 18.8. The highest BCUT2D eigenvalue weighted by molar-refractivity contribution is 5.61. The molecule has 0 heteroatoms. The first kappa shape index (κ1) is 30.8.